The van der Waals surface area contributed by atoms with E-state index in [4.69, 9.17) is 4.84 Å². The highest BCUT2D eigenvalue weighted by molar-refractivity contribution is 6.03. The minimum Gasteiger partial charge on any atom is -0.380 e. The second-order valence-electron chi connectivity index (χ2n) is 6.13. The molecule has 0 spiro atoms. The van der Waals surface area contributed by atoms with Crippen molar-refractivity contribution in [2.45, 2.75) is 38.2 Å². The van der Waals surface area contributed by atoms with Gasteiger partial charge in [-0.15, -0.1) is 5.10 Å². The molecular weight excluding hydrogens is 304 g/mol. The van der Waals surface area contributed by atoms with Gasteiger partial charge in [0, 0.05) is 11.8 Å². The number of benzene rings is 1. The molecule has 122 valence electrons. The molecule has 1 fully saturated rings. The number of hydrogen-bond acceptors (Lipinski definition) is 5. The van der Waals surface area contributed by atoms with Crippen molar-refractivity contribution < 1.29 is 9.63 Å². The van der Waals surface area contributed by atoms with Gasteiger partial charge in [-0.1, -0.05) is 36.0 Å². The van der Waals surface area contributed by atoms with Gasteiger partial charge in [-0.05, 0) is 48.6 Å². The van der Waals surface area contributed by atoms with Crippen LogP contribution in [0.1, 0.15) is 42.1 Å². The maximum atomic E-state index is 13.0. The first-order valence-corrected chi connectivity index (χ1v) is 8.21. The molecule has 0 radical (unpaired) electrons. The molecule has 6 nitrogen and oxygen atoms in total. The zero-order valence-corrected chi connectivity index (χ0v) is 13.5. The predicted octanol–water partition coefficient (Wildman–Crippen LogP) is 2.62. The second-order valence-corrected chi connectivity index (χ2v) is 6.13. The number of hydrogen-bond donors (Lipinski definition) is 0. The summed E-state index contributed by atoms with van der Waals surface area (Å²) in [6.07, 6.45) is 4.94. The lowest BCUT2D eigenvalue weighted by Gasteiger charge is -2.38. The summed E-state index contributed by atoms with van der Waals surface area (Å²) in [5, 5.41) is 7.98. The Balaban J connectivity index is 1.64. The molecule has 6 heteroatoms. The van der Waals surface area contributed by atoms with Crippen LogP contribution in [-0.4, -0.2) is 31.5 Å². The van der Waals surface area contributed by atoms with Gasteiger partial charge in [0.05, 0.1) is 0 Å². The summed E-state index contributed by atoms with van der Waals surface area (Å²) >= 11 is 0. The maximum Gasteiger partial charge on any atom is 0.209 e. The molecule has 0 N–H and O–H groups in total. The van der Waals surface area contributed by atoms with E-state index in [1.807, 2.05) is 30.3 Å². The zero-order valence-electron chi connectivity index (χ0n) is 13.5. The maximum absolute atomic E-state index is 13.0. The lowest BCUT2D eigenvalue weighted by molar-refractivity contribution is -0.0865. The van der Waals surface area contributed by atoms with Crippen LogP contribution in [-0.2, 0) is 6.42 Å². The average Bonchev–Trinajstić information content (AvgIpc) is 3.00. The van der Waals surface area contributed by atoms with Crippen molar-refractivity contribution in [3.63, 3.8) is 0 Å². The van der Waals surface area contributed by atoms with Gasteiger partial charge >= 0.3 is 0 Å². The minimum atomic E-state index is -0.857. The quantitative estimate of drug-likeness (QED) is 0.675. The van der Waals surface area contributed by atoms with E-state index in [9.17, 15) is 4.79 Å². The highest BCUT2D eigenvalue weighted by Crippen LogP contribution is 2.36. The smallest absolute Gasteiger partial charge is 0.209 e. The number of Topliss-reactive ketones (excluding diaryl/α,β-unsaturated/α-hetero) is 1. The molecule has 0 amide bonds. The molecule has 0 aliphatic heterocycles. The van der Waals surface area contributed by atoms with Gasteiger partial charge in [-0.2, -0.15) is 0 Å². The van der Waals surface area contributed by atoms with E-state index in [0.29, 0.717) is 29.6 Å². The van der Waals surface area contributed by atoms with E-state index >= 15 is 0 Å². The highest BCUT2D eigenvalue weighted by Gasteiger charge is 2.48. The van der Waals surface area contributed by atoms with Crippen molar-refractivity contribution in [3.05, 3.63) is 53.7 Å². The summed E-state index contributed by atoms with van der Waals surface area (Å²) < 4.78 is 0. The molecule has 0 unspecified atom stereocenters. The Morgan fingerprint density at radius 2 is 2.04 bits per heavy atom. The third-order valence-electron chi connectivity index (χ3n) is 4.65. The third-order valence-corrected chi connectivity index (χ3v) is 4.65. The molecule has 0 atom stereocenters. The van der Waals surface area contributed by atoms with Crippen LogP contribution < -0.4 is 4.84 Å². The SMILES string of the molecule is CCc1ccc(C(=O)C2(On3nnc4ncccc43)CCC2)cc1. The van der Waals surface area contributed by atoms with Crippen molar-refractivity contribution in [2.75, 3.05) is 0 Å². The highest BCUT2D eigenvalue weighted by atomic mass is 16.7. The van der Waals surface area contributed by atoms with Crippen molar-refractivity contribution in [2.24, 2.45) is 0 Å². The molecule has 0 bridgehead atoms. The van der Waals surface area contributed by atoms with E-state index in [2.05, 4.69) is 22.2 Å². The first kappa shape index (κ1) is 14.8. The summed E-state index contributed by atoms with van der Waals surface area (Å²) in [4.78, 5) is 24.5. The fraction of sp³-hybridized carbons (Fsp3) is 0.333. The second kappa shape index (κ2) is 5.70. The van der Waals surface area contributed by atoms with Crippen molar-refractivity contribution >= 4 is 16.9 Å². The fourth-order valence-electron chi connectivity index (χ4n) is 2.99. The summed E-state index contributed by atoms with van der Waals surface area (Å²) in [6.45, 7) is 2.09. The topological polar surface area (TPSA) is 69.9 Å². The number of carbonyl (C=O) groups is 1. The Morgan fingerprint density at radius 3 is 2.71 bits per heavy atom. The van der Waals surface area contributed by atoms with Crippen LogP contribution in [0.25, 0.3) is 11.2 Å². The van der Waals surface area contributed by atoms with E-state index in [1.54, 1.807) is 12.3 Å². The number of rotatable bonds is 5. The molecule has 1 saturated carbocycles. The van der Waals surface area contributed by atoms with E-state index in [-0.39, 0.29) is 5.78 Å². The molecule has 2 aromatic heterocycles. The lowest BCUT2D eigenvalue weighted by Crippen LogP contribution is -2.54. The molecule has 1 aliphatic rings. The van der Waals surface area contributed by atoms with Gasteiger partial charge in [0.25, 0.3) is 0 Å². The van der Waals surface area contributed by atoms with Crippen LogP contribution in [0.15, 0.2) is 42.6 Å². The third kappa shape index (κ3) is 2.35. The Bertz CT molecular complexity index is 881. The van der Waals surface area contributed by atoms with E-state index in [1.165, 1.54) is 10.4 Å². The molecule has 1 aliphatic carbocycles. The van der Waals surface area contributed by atoms with Gasteiger partial charge in [0.2, 0.25) is 11.4 Å². The summed E-state index contributed by atoms with van der Waals surface area (Å²) in [6, 6.07) is 11.4. The van der Waals surface area contributed by atoms with Gasteiger partial charge in [0.15, 0.2) is 5.60 Å². The molecule has 0 saturated heterocycles. The monoisotopic (exact) mass is 322 g/mol. The number of nitrogens with zero attached hydrogens (tertiary/aromatic N) is 4. The molecule has 3 aromatic rings. The van der Waals surface area contributed by atoms with Crippen LogP contribution in [0.4, 0.5) is 0 Å². The van der Waals surface area contributed by atoms with Crippen LogP contribution >= 0.6 is 0 Å². The standard InChI is InChI=1S/C18H18N4O2/c1-2-13-6-8-14(9-7-13)16(23)18(10-4-11-18)24-22-15-5-3-12-19-17(15)20-21-22/h3,5-9,12H,2,4,10-11H2,1H3. The molecule has 24 heavy (non-hydrogen) atoms. The summed E-state index contributed by atoms with van der Waals surface area (Å²) in [5.74, 6) is 0.00365. The molecule has 2 heterocycles. The number of fused-ring (bicyclic) bond motifs is 1. The Kier molecular flexibility index (Phi) is 3.52. The van der Waals surface area contributed by atoms with Crippen LogP contribution in [0.5, 0.6) is 0 Å². The number of carbonyl (C=O) groups excluding carboxylic acids is 1. The first-order valence-electron chi connectivity index (χ1n) is 8.21. The lowest BCUT2D eigenvalue weighted by atomic mass is 9.75. The van der Waals surface area contributed by atoms with E-state index in [0.717, 1.165) is 12.8 Å². The van der Waals surface area contributed by atoms with Crippen LogP contribution in [0, 0.1) is 0 Å². The summed E-state index contributed by atoms with van der Waals surface area (Å²) in [7, 11) is 0. The largest absolute Gasteiger partial charge is 0.380 e. The molecule has 4 rings (SSSR count). The van der Waals surface area contributed by atoms with Crippen molar-refractivity contribution in [1.29, 1.82) is 0 Å². The Labute approximate surface area is 139 Å². The number of aryl methyl sites for hydroxylation is 1. The van der Waals surface area contributed by atoms with Gasteiger partial charge in [-0.25, -0.2) is 4.98 Å². The average molecular weight is 322 g/mol. The van der Waals surface area contributed by atoms with E-state index < -0.39 is 5.60 Å². The number of ketones is 1. The van der Waals surface area contributed by atoms with Crippen LogP contribution in [0.2, 0.25) is 0 Å². The zero-order chi connectivity index (χ0) is 16.6. The predicted molar refractivity (Wildman–Crippen MR) is 88.6 cm³/mol. The van der Waals surface area contributed by atoms with Gasteiger partial charge < -0.3 is 4.84 Å². The van der Waals surface area contributed by atoms with Gasteiger partial charge in [0.1, 0.15) is 5.52 Å². The molecule has 1 aromatic carbocycles. The van der Waals surface area contributed by atoms with Gasteiger partial charge in [-0.3, -0.25) is 4.79 Å². The van der Waals surface area contributed by atoms with Crippen molar-refractivity contribution in [3.8, 4) is 0 Å². The molecular formula is C18H18N4O2. The summed E-state index contributed by atoms with van der Waals surface area (Å²) in [5.41, 5.74) is 2.20. The minimum absolute atomic E-state index is 0.00365. The Hall–Kier alpha value is -2.76. The Morgan fingerprint density at radius 1 is 1.25 bits per heavy atom. The van der Waals surface area contributed by atoms with Crippen molar-refractivity contribution in [1.82, 2.24) is 20.1 Å². The number of aromatic nitrogens is 4. The fourth-order valence-corrected chi connectivity index (χ4v) is 2.99. The first-order chi connectivity index (χ1) is 11.7. The number of pyridine rings is 1. The normalized spacial score (nSPS) is 15.9. The van der Waals surface area contributed by atoms with Crippen LogP contribution in [0.3, 0.4) is 0 Å².